The summed E-state index contributed by atoms with van der Waals surface area (Å²) in [4.78, 5) is 38.0. The molecule has 0 aliphatic carbocycles. The number of alkyl carbamates (subject to hydrolysis) is 1. The van der Waals surface area contributed by atoms with Crippen LogP contribution in [0.5, 0.6) is 0 Å². The normalized spacial score (nSPS) is 13.1. The maximum Gasteiger partial charge on any atom is 0.408 e. The van der Waals surface area contributed by atoms with E-state index in [9.17, 15) is 14.4 Å². The van der Waals surface area contributed by atoms with Gasteiger partial charge in [-0.1, -0.05) is 60.7 Å². The number of hydrogen-bond acceptors (Lipinski definition) is 8. The molecule has 2 N–H and O–H groups in total. The third-order valence-electron chi connectivity index (χ3n) is 6.99. The summed E-state index contributed by atoms with van der Waals surface area (Å²) in [7, 11) is 4.32. The van der Waals surface area contributed by atoms with E-state index in [0.29, 0.717) is 12.2 Å². The predicted molar refractivity (Wildman–Crippen MR) is 159 cm³/mol. The molecule has 1 unspecified atom stereocenters. The largest absolute Gasteiger partial charge is 0.469 e. The van der Waals surface area contributed by atoms with Gasteiger partial charge in [-0.25, -0.2) is 9.59 Å². The molecule has 2 rings (SSSR count). The van der Waals surface area contributed by atoms with Gasteiger partial charge >= 0.3 is 18.0 Å². The summed E-state index contributed by atoms with van der Waals surface area (Å²) < 4.78 is 20.4. The lowest BCUT2D eigenvalue weighted by Crippen LogP contribution is -2.58. The second kappa shape index (κ2) is 15.5. The van der Waals surface area contributed by atoms with Crippen molar-refractivity contribution in [3.05, 3.63) is 71.8 Å². The highest BCUT2D eigenvalue weighted by molar-refractivity contribution is 5.87. The van der Waals surface area contributed by atoms with Gasteiger partial charge in [0, 0.05) is 12.6 Å². The lowest BCUT2D eigenvalue weighted by molar-refractivity contribution is -0.155. The van der Waals surface area contributed by atoms with E-state index in [1.54, 1.807) is 66.0 Å². The van der Waals surface area contributed by atoms with Crippen LogP contribution in [0.3, 0.4) is 0 Å². The Kier molecular flexibility index (Phi) is 13.5. The molecule has 0 aliphatic rings. The van der Waals surface area contributed by atoms with Crippen LogP contribution < -0.4 is 10.6 Å². The van der Waals surface area contributed by atoms with E-state index in [4.69, 9.17) is 18.9 Å². The van der Waals surface area contributed by atoms with E-state index >= 15 is 0 Å². The summed E-state index contributed by atoms with van der Waals surface area (Å²) in [6, 6.07) is 19.0. The van der Waals surface area contributed by atoms with Crippen LogP contribution in [0.1, 0.15) is 66.0 Å². The standard InChI is InChI=1S/C24H38N2O6.C8H10O/c1-21(2,3)32-20(29)26-24(19(28)31-9,17-13-11-10-12-14-17)15-16-25-23(6,7)22(4,5)18(27)30-8;1-9-7-8-5-3-2-4-6-8/h10-14,25H,15-16H2,1-9H3,(H,26,29);2-6H,7H2,1H3. The van der Waals surface area contributed by atoms with Gasteiger partial charge in [0.15, 0.2) is 5.54 Å². The molecular formula is C32H48N2O7. The zero-order chi connectivity index (χ0) is 31.3. The molecule has 0 fully saturated rings. The molecule has 41 heavy (non-hydrogen) atoms. The molecule has 1 amide bonds. The summed E-state index contributed by atoms with van der Waals surface area (Å²) in [5.74, 6) is -0.981. The van der Waals surface area contributed by atoms with E-state index in [1.807, 2.05) is 50.2 Å². The fourth-order valence-corrected chi connectivity index (χ4v) is 3.96. The van der Waals surface area contributed by atoms with Crippen molar-refractivity contribution >= 4 is 18.0 Å². The van der Waals surface area contributed by atoms with E-state index in [2.05, 4.69) is 10.6 Å². The van der Waals surface area contributed by atoms with Crippen LogP contribution in [0.4, 0.5) is 4.79 Å². The molecule has 9 heteroatoms. The Hall–Kier alpha value is -3.43. The fraction of sp³-hybridized carbons (Fsp3) is 0.531. The molecule has 0 saturated heterocycles. The topological polar surface area (TPSA) is 112 Å². The Morgan fingerprint density at radius 1 is 0.732 bits per heavy atom. The number of hydrogen-bond donors (Lipinski definition) is 2. The first-order valence-corrected chi connectivity index (χ1v) is 13.6. The second-order valence-electron chi connectivity index (χ2n) is 11.7. The van der Waals surface area contributed by atoms with Gasteiger partial charge in [0.1, 0.15) is 5.60 Å². The Morgan fingerprint density at radius 2 is 1.24 bits per heavy atom. The fourth-order valence-electron chi connectivity index (χ4n) is 3.96. The number of benzene rings is 2. The van der Waals surface area contributed by atoms with E-state index < -0.39 is 34.2 Å². The maximum atomic E-state index is 13.0. The van der Waals surface area contributed by atoms with Crippen LogP contribution in [0, 0.1) is 5.41 Å². The highest BCUT2D eigenvalue weighted by Gasteiger charge is 2.47. The van der Waals surface area contributed by atoms with Crippen LogP contribution in [0.2, 0.25) is 0 Å². The summed E-state index contributed by atoms with van der Waals surface area (Å²) in [5, 5.41) is 6.08. The molecule has 0 bridgehead atoms. The number of methoxy groups -OCH3 is 3. The van der Waals surface area contributed by atoms with Gasteiger partial charge in [0.2, 0.25) is 0 Å². The number of rotatable bonds is 11. The molecule has 1 atom stereocenters. The molecule has 0 spiro atoms. The van der Waals surface area contributed by atoms with Crippen molar-refractivity contribution in [1.29, 1.82) is 0 Å². The first-order valence-electron chi connectivity index (χ1n) is 13.6. The molecule has 228 valence electrons. The van der Waals surface area contributed by atoms with Crippen molar-refractivity contribution in [3.63, 3.8) is 0 Å². The van der Waals surface area contributed by atoms with Crippen molar-refractivity contribution in [1.82, 2.24) is 10.6 Å². The first kappa shape index (κ1) is 35.6. The van der Waals surface area contributed by atoms with Crippen molar-refractivity contribution in [2.45, 2.75) is 78.2 Å². The minimum atomic E-state index is -1.49. The molecule has 0 aliphatic heterocycles. The molecule has 0 aromatic heterocycles. The average Bonchev–Trinajstić information content (AvgIpc) is 2.91. The van der Waals surface area contributed by atoms with Gasteiger partial charge in [-0.2, -0.15) is 0 Å². The quantitative estimate of drug-likeness (QED) is 0.273. The Bertz CT molecular complexity index is 1100. The van der Waals surface area contributed by atoms with Crippen molar-refractivity contribution in [2.24, 2.45) is 5.41 Å². The van der Waals surface area contributed by atoms with Gasteiger partial charge in [-0.05, 0) is 72.6 Å². The lowest BCUT2D eigenvalue weighted by Gasteiger charge is -2.41. The molecule has 0 radical (unpaired) electrons. The van der Waals surface area contributed by atoms with E-state index in [1.165, 1.54) is 19.8 Å². The van der Waals surface area contributed by atoms with Crippen molar-refractivity contribution in [2.75, 3.05) is 27.9 Å². The number of nitrogens with one attached hydrogen (secondary N) is 2. The summed E-state index contributed by atoms with van der Waals surface area (Å²) >= 11 is 0. The third kappa shape index (κ3) is 10.5. The Morgan fingerprint density at radius 3 is 1.71 bits per heavy atom. The Labute approximate surface area is 245 Å². The minimum absolute atomic E-state index is 0.156. The van der Waals surface area contributed by atoms with Gasteiger partial charge < -0.3 is 29.6 Å². The molecule has 0 saturated carbocycles. The third-order valence-corrected chi connectivity index (χ3v) is 6.99. The van der Waals surface area contributed by atoms with Crippen LogP contribution in [0.15, 0.2) is 60.7 Å². The number of carbonyl (C=O) groups is 3. The summed E-state index contributed by atoms with van der Waals surface area (Å²) in [5.41, 5.74) is -1.97. The molecular weight excluding hydrogens is 524 g/mol. The van der Waals surface area contributed by atoms with E-state index in [0.717, 1.165) is 0 Å². The minimum Gasteiger partial charge on any atom is -0.469 e. The average molecular weight is 573 g/mol. The highest BCUT2D eigenvalue weighted by atomic mass is 16.6. The van der Waals surface area contributed by atoms with Crippen molar-refractivity contribution in [3.8, 4) is 0 Å². The number of ether oxygens (including phenoxy) is 4. The van der Waals surface area contributed by atoms with Crippen LogP contribution in [-0.4, -0.2) is 57.0 Å². The van der Waals surface area contributed by atoms with Crippen LogP contribution >= 0.6 is 0 Å². The highest BCUT2D eigenvalue weighted by Crippen LogP contribution is 2.33. The second-order valence-corrected chi connectivity index (χ2v) is 11.7. The van der Waals surface area contributed by atoms with Crippen molar-refractivity contribution < 1.29 is 33.3 Å². The Balaban J connectivity index is 0.000000787. The van der Waals surface area contributed by atoms with Gasteiger partial charge in [0.25, 0.3) is 0 Å². The molecule has 2 aromatic carbocycles. The number of amides is 1. The van der Waals surface area contributed by atoms with E-state index in [-0.39, 0.29) is 18.9 Å². The lowest BCUT2D eigenvalue weighted by atomic mass is 9.74. The van der Waals surface area contributed by atoms with Crippen LogP contribution in [-0.2, 0) is 40.7 Å². The maximum absolute atomic E-state index is 13.0. The zero-order valence-electron chi connectivity index (χ0n) is 26.3. The van der Waals surface area contributed by atoms with Gasteiger partial charge in [0.05, 0.1) is 26.2 Å². The summed E-state index contributed by atoms with van der Waals surface area (Å²) in [6.45, 7) is 13.6. The SMILES string of the molecule is COC(=O)C(CCNC(C)(C)C(C)(C)C(=O)OC)(NC(=O)OC(C)(C)C)c1ccccc1.COCc1ccccc1. The van der Waals surface area contributed by atoms with Gasteiger partial charge in [-0.3, -0.25) is 4.79 Å². The van der Waals surface area contributed by atoms with Crippen LogP contribution in [0.25, 0.3) is 0 Å². The predicted octanol–water partition coefficient (Wildman–Crippen LogP) is 5.37. The molecule has 0 heterocycles. The first-order chi connectivity index (χ1) is 19.1. The number of esters is 2. The zero-order valence-corrected chi connectivity index (χ0v) is 26.3. The summed E-state index contributed by atoms with van der Waals surface area (Å²) in [6.07, 6.45) is -0.579. The van der Waals surface area contributed by atoms with Gasteiger partial charge in [-0.15, -0.1) is 0 Å². The molecule has 2 aromatic rings. The number of carbonyl (C=O) groups excluding carboxylic acids is 3. The molecule has 9 nitrogen and oxygen atoms in total. The monoisotopic (exact) mass is 572 g/mol. The smallest absolute Gasteiger partial charge is 0.408 e.